The van der Waals surface area contributed by atoms with Crippen molar-refractivity contribution < 1.29 is 5.11 Å². The number of anilines is 1. The molecule has 1 aliphatic rings. The number of nitrogen functional groups attached to an aromatic ring is 1. The fourth-order valence-corrected chi connectivity index (χ4v) is 2.25. The highest BCUT2D eigenvalue weighted by molar-refractivity contribution is 5.61. The zero-order valence-electron chi connectivity index (χ0n) is 9.37. The van der Waals surface area contributed by atoms with Crippen molar-refractivity contribution in [2.24, 2.45) is 0 Å². The molecule has 5 heteroatoms. The van der Waals surface area contributed by atoms with E-state index in [-0.39, 0.29) is 0 Å². The number of hydrogen-bond acceptors (Lipinski definition) is 4. The minimum atomic E-state index is -0.523. The average molecular weight is 230 g/mol. The summed E-state index contributed by atoms with van der Waals surface area (Å²) >= 11 is 0. The molecule has 1 atom stereocenters. The van der Waals surface area contributed by atoms with Gasteiger partial charge in [-0.05, 0) is 25.0 Å². The highest BCUT2D eigenvalue weighted by atomic mass is 16.3. The standard InChI is InChI=1S/C12H14N4O/c13-9-4-1-3-8(7-9)12-15-14-10-5-2-6-11(17)16(10)12/h1,3-4,7,11,17H,2,5-6,13H2. The van der Waals surface area contributed by atoms with Crippen molar-refractivity contribution in [1.29, 1.82) is 0 Å². The first-order chi connectivity index (χ1) is 8.25. The molecule has 1 unspecified atom stereocenters. The summed E-state index contributed by atoms with van der Waals surface area (Å²) in [7, 11) is 0. The normalized spacial score (nSPS) is 19.0. The first kappa shape index (κ1) is 10.3. The van der Waals surface area contributed by atoms with Gasteiger partial charge in [0.25, 0.3) is 0 Å². The van der Waals surface area contributed by atoms with E-state index in [2.05, 4.69) is 10.2 Å². The molecule has 2 aromatic rings. The van der Waals surface area contributed by atoms with Crippen molar-refractivity contribution in [1.82, 2.24) is 14.8 Å². The lowest BCUT2D eigenvalue weighted by Gasteiger charge is -2.21. The number of fused-ring (bicyclic) bond motifs is 1. The van der Waals surface area contributed by atoms with Crippen molar-refractivity contribution in [2.75, 3.05) is 5.73 Å². The fourth-order valence-electron chi connectivity index (χ4n) is 2.25. The third kappa shape index (κ3) is 1.68. The SMILES string of the molecule is Nc1cccc(-c2nnc3n2C(O)CCC3)c1. The lowest BCUT2D eigenvalue weighted by Crippen LogP contribution is -2.18. The highest BCUT2D eigenvalue weighted by Gasteiger charge is 2.23. The van der Waals surface area contributed by atoms with Crippen LogP contribution in [0.25, 0.3) is 11.4 Å². The molecule has 0 bridgehead atoms. The van der Waals surface area contributed by atoms with Crippen LogP contribution in [0, 0.1) is 0 Å². The van der Waals surface area contributed by atoms with Crippen LogP contribution in [-0.4, -0.2) is 19.9 Å². The van der Waals surface area contributed by atoms with Gasteiger partial charge in [-0.15, -0.1) is 10.2 Å². The number of nitrogens with two attached hydrogens (primary N) is 1. The van der Waals surface area contributed by atoms with Crippen molar-refractivity contribution in [3.05, 3.63) is 30.1 Å². The summed E-state index contributed by atoms with van der Waals surface area (Å²) in [4.78, 5) is 0. The lowest BCUT2D eigenvalue weighted by atomic mass is 10.1. The molecule has 0 spiro atoms. The fraction of sp³-hybridized carbons (Fsp3) is 0.333. The molecule has 3 N–H and O–H groups in total. The number of nitrogens with zero attached hydrogens (tertiary/aromatic N) is 3. The Morgan fingerprint density at radius 3 is 3.06 bits per heavy atom. The van der Waals surface area contributed by atoms with Gasteiger partial charge in [-0.25, -0.2) is 0 Å². The van der Waals surface area contributed by atoms with Gasteiger partial charge in [0.05, 0.1) is 0 Å². The second-order valence-electron chi connectivity index (χ2n) is 4.31. The summed E-state index contributed by atoms with van der Waals surface area (Å²) in [6.45, 7) is 0. The third-order valence-corrected chi connectivity index (χ3v) is 3.07. The Kier molecular flexibility index (Phi) is 2.33. The second kappa shape index (κ2) is 3.85. The number of aromatic nitrogens is 3. The minimum Gasteiger partial charge on any atom is -0.399 e. The van der Waals surface area contributed by atoms with Crippen LogP contribution < -0.4 is 5.73 Å². The molecule has 17 heavy (non-hydrogen) atoms. The predicted octanol–water partition coefficient (Wildman–Crippen LogP) is 1.35. The van der Waals surface area contributed by atoms with Crippen LogP contribution in [0.2, 0.25) is 0 Å². The van der Waals surface area contributed by atoms with Crippen LogP contribution in [0.3, 0.4) is 0 Å². The number of aliphatic hydroxyl groups excluding tert-OH is 1. The molecule has 1 aromatic carbocycles. The molecule has 0 saturated heterocycles. The smallest absolute Gasteiger partial charge is 0.166 e. The van der Waals surface area contributed by atoms with Crippen molar-refractivity contribution >= 4 is 5.69 Å². The molecule has 2 heterocycles. The van der Waals surface area contributed by atoms with Gasteiger partial charge >= 0.3 is 0 Å². The Balaban J connectivity index is 2.13. The van der Waals surface area contributed by atoms with Gasteiger partial charge in [0.15, 0.2) is 5.82 Å². The van der Waals surface area contributed by atoms with Crippen molar-refractivity contribution in [3.63, 3.8) is 0 Å². The maximum Gasteiger partial charge on any atom is 0.166 e. The zero-order chi connectivity index (χ0) is 11.8. The number of benzene rings is 1. The molecule has 5 nitrogen and oxygen atoms in total. The van der Waals surface area contributed by atoms with Crippen LogP contribution in [-0.2, 0) is 6.42 Å². The summed E-state index contributed by atoms with van der Waals surface area (Å²) in [5, 5.41) is 18.3. The molecule has 88 valence electrons. The molecule has 1 aliphatic heterocycles. The third-order valence-electron chi connectivity index (χ3n) is 3.07. The average Bonchev–Trinajstić information content (AvgIpc) is 2.74. The number of aryl methyl sites for hydroxylation is 1. The minimum absolute atomic E-state index is 0.523. The van der Waals surface area contributed by atoms with E-state index in [0.29, 0.717) is 11.5 Å². The molecule has 1 aromatic heterocycles. The first-order valence-electron chi connectivity index (χ1n) is 5.73. The van der Waals surface area contributed by atoms with Crippen LogP contribution in [0.15, 0.2) is 24.3 Å². The summed E-state index contributed by atoms with van der Waals surface area (Å²) in [5.74, 6) is 1.54. The molecule has 0 fully saturated rings. The van der Waals surface area contributed by atoms with Gasteiger partial charge in [0.1, 0.15) is 12.1 Å². The van der Waals surface area contributed by atoms with Gasteiger partial charge in [0.2, 0.25) is 0 Å². The number of hydrogen-bond donors (Lipinski definition) is 2. The monoisotopic (exact) mass is 230 g/mol. The van der Waals surface area contributed by atoms with Crippen molar-refractivity contribution in [3.8, 4) is 11.4 Å². The Bertz CT molecular complexity index is 549. The summed E-state index contributed by atoms with van der Waals surface area (Å²) in [6, 6.07) is 7.47. The maximum atomic E-state index is 10.0. The van der Waals surface area contributed by atoms with Crippen LogP contribution >= 0.6 is 0 Å². The van der Waals surface area contributed by atoms with E-state index in [1.165, 1.54) is 0 Å². The van der Waals surface area contributed by atoms with Gasteiger partial charge < -0.3 is 10.8 Å². The van der Waals surface area contributed by atoms with E-state index in [9.17, 15) is 5.11 Å². The first-order valence-corrected chi connectivity index (χ1v) is 5.73. The Morgan fingerprint density at radius 2 is 2.24 bits per heavy atom. The zero-order valence-corrected chi connectivity index (χ0v) is 9.37. The quantitative estimate of drug-likeness (QED) is 0.725. The van der Waals surface area contributed by atoms with Gasteiger partial charge in [0, 0.05) is 17.7 Å². The molecule has 0 aliphatic carbocycles. The molecule has 0 saturated carbocycles. The summed E-state index contributed by atoms with van der Waals surface area (Å²) < 4.78 is 1.80. The van der Waals surface area contributed by atoms with E-state index in [0.717, 1.165) is 30.7 Å². The topological polar surface area (TPSA) is 77.0 Å². The Hall–Kier alpha value is -1.88. The lowest BCUT2D eigenvalue weighted by molar-refractivity contribution is 0.0796. The molecule has 0 amide bonds. The molecule has 3 rings (SSSR count). The Morgan fingerprint density at radius 1 is 1.35 bits per heavy atom. The van der Waals surface area contributed by atoms with Gasteiger partial charge in [-0.1, -0.05) is 12.1 Å². The van der Waals surface area contributed by atoms with E-state index in [1.807, 2.05) is 24.3 Å². The van der Waals surface area contributed by atoms with Crippen molar-refractivity contribution in [2.45, 2.75) is 25.5 Å². The van der Waals surface area contributed by atoms with Gasteiger partial charge in [-0.2, -0.15) is 0 Å². The van der Waals surface area contributed by atoms with E-state index >= 15 is 0 Å². The van der Waals surface area contributed by atoms with E-state index in [1.54, 1.807) is 4.57 Å². The molecular weight excluding hydrogens is 216 g/mol. The summed E-state index contributed by atoms with van der Waals surface area (Å²) in [6.07, 6.45) is 2.05. The number of aliphatic hydroxyl groups is 1. The van der Waals surface area contributed by atoms with Crippen LogP contribution in [0.4, 0.5) is 5.69 Å². The molecular formula is C12H14N4O. The second-order valence-corrected chi connectivity index (χ2v) is 4.31. The van der Waals surface area contributed by atoms with E-state index < -0.39 is 6.23 Å². The van der Waals surface area contributed by atoms with E-state index in [4.69, 9.17) is 5.73 Å². The predicted molar refractivity (Wildman–Crippen MR) is 64.1 cm³/mol. The Labute approximate surface area is 98.9 Å². The molecule has 0 radical (unpaired) electrons. The highest BCUT2D eigenvalue weighted by Crippen LogP contribution is 2.28. The largest absolute Gasteiger partial charge is 0.399 e. The summed E-state index contributed by atoms with van der Waals surface area (Å²) in [5.41, 5.74) is 7.33. The van der Waals surface area contributed by atoms with Crippen LogP contribution in [0.5, 0.6) is 0 Å². The van der Waals surface area contributed by atoms with Gasteiger partial charge in [-0.3, -0.25) is 4.57 Å². The number of rotatable bonds is 1. The maximum absolute atomic E-state index is 10.0. The van der Waals surface area contributed by atoms with Crippen LogP contribution in [0.1, 0.15) is 24.9 Å².